The van der Waals surface area contributed by atoms with E-state index in [2.05, 4.69) is 24.1 Å². The van der Waals surface area contributed by atoms with E-state index in [0.29, 0.717) is 18.4 Å². The summed E-state index contributed by atoms with van der Waals surface area (Å²) in [5, 5.41) is 3.04. The zero-order valence-electron chi connectivity index (χ0n) is 10.9. The second kappa shape index (κ2) is 5.15. The molecule has 1 amide bonds. The second-order valence-electron chi connectivity index (χ2n) is 5.59. The number of likely N-dealkylation sites (tertiary alicyclic amines) is 1. The summed E-state index contributed by atoms with van der Waals surface area (Å²) in [5.41, 5.74) is 4.83. The first-order valence-corrected chi connectivity index (χ1v) is 6.08. The lowest BCUT2D eigenvalue weighted by molar-refractivity contribution is -0.124. The van der Waals surface area contributed by atoms with E-state index >= 15 is 0 Å². The molecule has 1 fully saturated rings. The van der Waals surface area contributed by atoms with Crippen LogP contribution in [-0.4, -0.2) is 43.0 Å². The van der Waals surface area contributed by atoms with Crippen LogP contribution in [-0.2, 0) is 4.79 Å². The Bertz CT molecular complexity index is 247. The zero-order chi connectivity index (χ0) is 12.3. The molecule has 1 aliphatic heterocycles. The Morgan fingerprint density at radius 3 is 2.31 bits per heavy atom. The van der Waals surface area contributed by atoms with E-state index < -0.39 is 5.54 Å². The number of nitrogens with zero attached hydrogens (tertiary/aromatic N) is 1. The average molecular weight is 227 g/mol. The lowest BCUT2D eigenvalue weighted by Crippen LogP contribution is -2.59. The molecule has 16 heavy (non-hydrogen) atoms. The number of likely N-dealkylation sites (N-methyl/N-ethyl adjacent to an activating group) is 1. The third-order valence-electron chi connectivity index (χ3n) is 3.58. The van der Waals surface area contributed by atoms with E-state index in [1.807, 2.05) is 6.92 Å². The van der Waals surface area contributed by atoms with Crippen LogP contribution < -0.4 is 11.1 Å². The molecule has 1 heterocycles. The Kier molecular flexibility index (Phi) is 4.33. The molecule has 0 aliphatic carbocycles. The van der Waals surface area contributed by atoms with Crippen LogP contribution in [0.25, 0.3) is 0 Å². The molecule has 3 N–H and O–H groups in total. The second-order valence-corrected chi connectivity index (χ2v) is 5.59. The summed E-state index contributed by atoms with van der Waals surface area (Å²) in [6, 6.07) is 0. The van der Waals surface area contributed by atoms with Crippen LogP contribution in [0.5, 0.6) is 0 Å². The molecule has 0 spiro atoms. The van der Waals surface area contributed by atoms with Crippen LogP contribution in [0.4, 0.5) is 0 Å². The van der Waals surface area contributed by atoms with Crippen molar-refractivity contribution in [2.45, 2.75) is 32.7 Å². The minimum atomic E-state index is -0.614. The van der Waals surface area contributed by atoms with Gasteiger partial charge in [0.2, 0.25) is 5.91 Å². The maximum absolute atomic E-state index is 11.4. The van der Waals surface area contributed by atoms with Gasteiger partial charge in [0.15, 0.2) is 0 Å². The molecule has 0 saturated carbocycles. The first kappa shape index (κ1) is 13.5. The predicted octanol–water partition coefficient (Wildman–Crippen LogP) is 0.428. The summed E-state index contributed by atoms with van der Waals surface area (Å²) < 4.78 is 0. The van der Waals surface area contributed by atoms with Gasteiger partial charge in [0.1, 0.15) is 5.54 Å². The number of nitrogens with one attached hydrogen (secondary N) is 1. The summed E-state index contributed by atoms with van der Waals surface area (Å²) in [4.78, 5) is 13.8. The first-order valence-electron chi connectivity index (χ1n) is 6.08. The normalized spacial score (nSPS) is 31.0. The topological polar surface area (TPSA) is 58.4 Å². The molecule has 0 aromatic rings. The van der Waals surface area contributed by atoms with Crippen molar-refractivity contribution < 1.29 is 4.79 Å². The molecular weight excluding hydrogens is 202 g/mol. The number of amides is 1. The standard InChI is InChI=1S/C12H25N3O/c1-9-5-10(2)7-15(6-9)8-12(3,14-4)11(13)16/h9-10,14H,5-8H2,1-4H3,(H2,13,16). The summed E-state index contributed by atoms with van der Waals surface area (Å²) in [7, 11) is 1.79. The molecule has 0 radical (unpaired) electrons. The quantitative estimate of drug-likeness (QED) is 0.732. The van der Waals surface area contributed by atoms with Gasteiger partial charge in [-0.05, 0) is 32.2 Å². The lowest BCUT2D eigenvalue weighted by atomic mass is 9.90. The molecule has 4 heteroatoms. The molecule has 0 aromatic heterocycles. The van der Waals surface area contributed by atoms with Crippen LogP contribution in [0.3, 0.4) is 0 Å². The molecule has 94 valence electrons. The average Bonchev–Trinajstić information content (AvgIpc) is 2.15. The highest BCUT2D eigenvalue weighted by atomic mass is 16.1. The molecule has 1 rings (SSSR count). The van der Waals surface area contributed by atoms with Crippen molar-refractivity contribution in [3.8, 4) is 0 Å². The maximum Gasteiger partial charge on any atom is 0.238 e. The summed E-state index contributed by atoms with van der Waals surface area (Å²) in [6.45, 7) is 9.24. The fourth-order valence-corrected chi connectivity index (χ4v) is 2.65. The van der Waals surface area contributed by atoms with Gasteiger partial charge in [-0.3, -0.25) is 4.79 Å². The van der Waals surface area contributed by atoms with Gasteiger partial charge in [-0.15, -0.1) is 0 Å². The van der Waals surface area contributed by atoms with Crippen molar-refractivity contribution in [2.24, 2.45) is 17.6 Å². The van der Waals surface area contributed by atoms with E-state index in [4.69, 9.17) is 5.73 Å². The first-order chi connectivity index (χ1) is 7.37. The molecule has 3 atom stereocenters. The highest BCUT2D eigenvalue weighted by Crippen LogP contribution is 2.22. The Balaban J connectivity index is 2.61. The third-order valence-corrected chi connectivity index (χ3v) is 3.58. The maximum atomic E-state index is 11.4. The predicted molar refractivity (Wildman–Crippen MR) is 66.0 cm³/mol. The number of carbonyl (C=O) groups is 1. The van der Waals surface area contributed by atoms with E-state index in [0.717, 1.165) is 13.1 Å². The van der Waals surface area contributed by atoms with Gasteiger partial charge in [0, 0.05) is 19.6 Å². The molecular formula is C12H25N3O. The van der Waals surface area contributed by atoms with Crippen molar-refractivity contribution in [3.05, 3.63) is 0 Å². The van der Waals surface area contributed by atoms with Gasteiger partial charge in [-0.1, -0.05) is 13.8 Å². The Morgan fingerprint density at radius 1 is 1.44 bits per heavy atom. The third kappa shape index (κ3) is 3.19. The fourth-order valence-electron chi connectivity index (χ4n) is 2.65. The summed E-state index contributed by atoms with van der Waals surface area (Å²) >= 11 is 0. The van der Waals surface area contributed by atoms with Crippen LogP contribution >= 0.6 is 0 Å². The van der Waals surface area contributed by atoms with E-state index in [-0.39, 0.29) is 5.91 Å². The number of nitrogens with two attached hydrogens (primary N) is 1. The van der Waals surface area contributed by atoms with Crippen molar-refractivity contribution >= 4 is 5.91 Å². The monoisotopic (exact) mass is 227 g/mol. The Hall–Kier alpha value is -0.610. The largest absolute Gasteiger partial charge is 0.368 e. The van der Waals surface area contributed by atoms with Crippen molar-refractivity contribution in [2.75, 3.05) is 26.7 Å². The molecule has 1 aliphatic rings. The number of rotatable bonds is 4. The van der Waals surface area contributed by atoms with Gasteiger partial charge in [-0.2, -0.15) is 0 Å². The molecule has 0 bridgehead atoms. The smallest absolute Gasteiger partial charge is 0.238 e. The summed E-state index contributed by atoms with van der Waals surface area (Å²) in [5.74, 6) is 1.14. The Labute approximate surface area is 98.6 Å². The van der Waals surface area contributed by atoms with E-state index in [9.17, 15) is 4.79 Å². The zero-order valence-corrected chi connectivity index (χ0v) is 10.9. The van der Waals surface area contributed by atoms with Gasteiger partial charge in [0.25, 0.3) is 0 Å². The van der Waals surface area contributed by atoms with Gasteiger partial charge in [-0.25, -0.2) is 0 Å². The van der Waals surface area contributed by atoms with Gasteiger partial charge >= 0.3 is 0 Å². The molecule has 3 unspecified atom stereocenters. The van der Waals surface area contributed by atoms with Crippen LogP contribution in [0, 0.1) is 11.8 Å². The van der Waals surface area contributed by atoms with Crippen LogP contribution in [0.2, 0.25) is 0 Å². The molecule has 1 saturated heterocycles. The van der Waals surface area contributed by atoms with Crippen molar-refractivity contribution in [1.29, 1.82) is 0 Å². The van der Waals surface area contributed by atoms with Crippen LogP contribution in [0.1, 0.15) is 27.2 Å². The van der Waals surface area contributed by atoms with Gasteiger partial charge in [0.05, 0.1) is 0 Å². The minimum Gasteiger partial charge on any atom is -0.368 e. The van der Waals surface area contributed by atoms with Crippen molar-refractivity contribution in [3.63, 3.8) is 0 Å². The SMILES string of the molecule is CNC(C)(CN1CC(C)CC(C)C1)C(N)=O. The van der Waals surface area contributed by atoms with Crippen LogP contribution in [0.15, 0.2) is 0 Å². The highest BCUT2D eigenvalue weighted by molar-refractivity contribution is 5.84. The van der Waals surface area contributed by atoms with Crippen molar-refractivity contribution in [1.82, 2.24) is 10.2 Å². The minimum absolute atomic E-state index is 0.277. The molecule has 0 aromatic carbocycles. The number of hydrogen-bond acceptors (Lipinski definition) is 3. The Morgan fingerprint density at radius 2 is 1.94 bits per heavy atom. The number of piperidine rings is 1. The highest BCUT2D eigenvalue weighted by Gasteiger charge is 2.33. The van der Waals surface area contributed by atoms with E-state index in [1.165, 1.54) is 6.42 Å². The van der Waals surface area contributed by atoms with Gasteiger partial charge < -0.3 is 16.0 Å². The summed E-state index contributed by atoms with van der Waals surface area (Å²) in [6.07, 6.45) is 1.28. The number of primary amides is 1. The lowest BCUT2D eigenvalue weighted by Gasteiger charge is -2.39. The van der Waals surface area contributed by atoms with E-state index in [1.54, 1.807) is 7.05 Å². The number of hydrogen-bond donors (Lipinski definition) is 2. The fraction of sp³-hybridized carbons (Fsp3) is 0.917. The molecule has 4 nitrogen and oxygen atoms in total. The number of carbonyl (C=O) groups excluding carboxylic acids is 1.